The zero-order chi connectivity index (χ0) is 70.1. The van der Waals surface area contributed by atoms with Crippen LogP contribution < -0.4 is 26.2 Å². The molecular weight excluding hydrogens is 1060 g/mol. The molecule has 0 amide bonds. The monoisotopic (exact) mass is 1130 g/mol. The van der Waals surface area contributed by atoms with Gasteiger partial charge in [0.1, 0.15) is 22.3 Å². The highest BCUT2D eigenvalue weighted by molar-refractivity contribution is 7.00. The van der Waals surface area contributed by atoms with Crippen molar-refractivity contribution >= 4 is 101 Å². The molecule has 5 heteroatoms. The van der Waals surface area contributed by atoms with E-state index < -0.39 is 84.6 Å². The van der Waals surface area contributed by atoms with E-state index in [0.717, 1.165) is 78.3 Å². The lowest BCUT2D eigenvalue weighted by Gasteiger charge is -2.46. The molecule has 17 rings (SSSR count). The molecule has 410 valence electrons. The van der Waals surface area contributed by atoms with Gasteiger partial charge in [0.05, 0.1) is 30.6 Å². The molecule has 0 fully saturated rings. The maximum absolute atomic E-state index is 9.92. The van der Waals surface area contributed by atoms with Crippen LogP contribution in [0.1, 0.15) is 45.5 Å². The Bertz CT molecular complexity index is 5600. The molecule has 0 spiro atoms. The zero-order valence-electron chi connectivity index (χ0n) is 61.4. The number of hydrogen-bond donors (Lipinski definition) is 0. The van der Waals surface area contributed by atoms with Gasteiger partial charge in [-0.25, -0.2) is 0 Å². The van der Waals surface area contributed by atoms with E-state index in [9.17, 15) is 11.0 Å². The molecule has 2 aliphatic heterocycles. The number of para-hydroxylation sites is 6. The highest BCUT2D eigenvalue weighted by Crippen LogP contribution is 2.54. The molecule has 0 unspecified atom stereocenters. The van der Waals surface area contributed by atoms with E-state index in [1.54, 1.807) is 0 Å². The second kappa shape index (κ2) is 19.9. The predicted octanol–water partition coefficient (Wildman–Crippen LogP) is 20.9. The number of rotatable bonds is 8. The van der Waals surface area contributed by atoms with Gasteiger partial charge in [0.2, 0.25) is 0 Å². The first-order valence-electron chi connectivity index (χ1n) is 36.0. The Hall–Kier alpha value is -10.9. The van der Waals surface area contributed by atoms with Gasteiger partial charge < -0.3 is 18.6 Å². The van der Waals surface area contributed by atoms with Gasteiger partial charge in [-0.15, -0.1) is 0 Å². The number of anilines is 6. The minimum Gasteiger partial charge on any atom is -0.455 e. The number of fused-ring (bicyclic) bond motifs is 10. The summed E-state index contributed by atoms with van der Waals surface area (Å²) in [4.78, 5) is 4.68. The van der Waals surface area contributed by atoms with Crippen LogP contribution in [0.3, 0.4) is 0 Å². The molecule has 15 aromatic rings. The largest absolute Gasteiger partial charge is 0.455 e. The highest BCUT2D eigenvalue weighted by Gasteiger charge is 2.46. The van der Waals surface area contributed by atoms with Gasteiger partial charge in [0.25, 0.3) is 6.71 Å². The van der Waals surface area contributed by atoms with Crippen molar-refractivity contribution in [2.45, 2.75) is 26.2 Å². The molecule has 13 aromatic carbocycles. The first-order valence-corrected chi connectivity index (χ1v) is 29.0. The smallest absolute Gasteiger partial charge is 0.252 e. The maximum Gasteiger partial charge on any atom is 0.252 e. The van der Waals surface area contributed by atoms with E-state index in [-0.39, 0.29) is 67.1 Å². The number of nitrogens with zero attached hydrogens (tertiary/aromatic N) is 2. The summed E-state index contributed by atoms with van der Waals surface area (Å²) in [7, 11) is 0. The van der Waals surface area contributed by atoms with Crippen LogP contribution in [0.4, 0.5) is 34.1 Å². The molecule has 4 heterocycles. The summed E-state index contributed by atoms with van der Waals surface area (Å²) >= 11 is 0. The Morgan fingerprint density at radius 1 is 0.333 bits per heavy atom. The summed E-state index contributed by atoms with van der Waals surface area (Å²) in [5.74, 6) is 0. The quantitative estimate of drug-likeness (QED) is 0.142. The molecule has 0 atom stereocenters. The van der Waals surface area contributed by atoms with E-state index in [2.05, 4.69) is 128 Å². The van der Waals surface area contributed by atoms with Crippen LogP contribution in [0.15, 0.2) is 300 Å². The normalized spacial score (nSPS) is 15.0. The molecule has 87 heavy (non-hydrogen) atoms. The molecule has 2 aromatic heterocycles. The van der Waals surface area contributed by atoms with Crippen molar-refractivity contribution in [3.05, 3.63) is 296 Å². The Labute approximate surface area is 526 Å². The van der Waals surface area contributed by atoms with E-state index in [1.807, 2.05) is 109 Å². The molecule has 0 bridgehead atoms. The van der Waals surface area contributed by atoms with Crippen LogP contribution in [0.5, 0.6) is 0 Å². The second-order valence-corrected chi connectivity index (χ2v) is 23.2. The third-order valence-electron chi connectivity index (χ3n) is 17.2. The Kier molecular flexibility index (Phi) is 8.71. The molecule has 0 aliphatic carbocycles. The first-order chi connectivity index (χ1) is 48.6. The minimum atomic E-state index is -0.815. The average molecular weight is 1130 g/mol. The molecule has 4 nitrogen and oxygen atoms in total. The minimum absolute atomic E-state index is 0.0351. The standard InChI is InChI=1S/C82H57BN2O2/c1-82(2,3)58-50-73-77-74(51-58)85(79-61(54-28-12-6-13-29-54)36-21-37-62(79)55-30-14-7-15-31-55)72-47-45-57(64-39-23-41-68-66-33-17-19-43-76(66)87-81(64)68)49-70(72)83(77)69-48-56(63-38-22-40-67-65-32-16-18-42-75(65)86-80(63)67)44-46-71(69)84(73)78-59(52-24-8-4-9-25-52)34-20-35-60(78)53-26-10-5-11-27-53/h4-51H,1-3H3/i16D,17D,18D,19D,22D,23D,32D,33D,38D,39D,40D,41D,42D,43D. The number of benzene rings is 13. The zero-order valence-corrected chi connectivity index (χ0v) is 47.4. The van der Waals surface area contributed by atoms with Gasteiger partial charge in [0, 0.05) is 77.7 Å². The molecule has 0 radical (unpaired) electrons. The highest BCUT2D eigenvalue weighted by atomic mass is 16.3. The van der Waals surface area contributed by atoms with Crippen molar-refractivity contribution in [3.63, 3.8) is 0 Å². The van der Waals surface area contributed by atoms with Crippen molar-refractivity contribution in [3.8, 4) is 66.8 Å². The summed E-state index contributed by atoms with van der Waals surface area (Å²) < 4.78 is 142. The van der Waals surface area contributed by atoms with Crippen molar-refractivity contribution in [1.29, 1.82) is 0 Å². The lowest BCUT2D eigenvalue weighted by atomic mass is 9.33. The lowest BCUT2D eigenvalue weighted by molar-refractivity contribution is 0.590. The molecule has 2 aliphatic rings. The first kappa shape index (κ1) is 38.1. The molecule has 0 saturated carbocycles. The van der Waals surface area contributed by atoms with Crippen molar-refractivity contribution in [1.82, 2.24) is 0 Å². The fourth-order valence-electron chi connectivity index (χ4n) is 13.3. The van der Waals surface area contributed by atoms with Crippen LogP contribution in [0.25, 0.3) is 111 Å². The summed E-state index contributed by atoms with van der Waals surface area (Å²) in [5, 5.41) is -0.221. The van der Waals surface area contributed by atoms with Gasteiger partial charge >= 0.3 is 0 Å². The molecular formula is C82H57BN2O2. The van der Waals surface area contributed by atoms with E-state index >= 15 is 0 Å². The topological polar surface area (TPSA) is 32.8 Å². The van der Waals surface area contributed by atoms with E-state index in [1.165, 1.54) is 0 Å². The van der Waals surface area contributed by atoms with Crippen molar-refractivity contribution in [2.24, 2.45) is 0 Å². The van der Waals surface area contributed by atoms with Crippen molar-refractivity contribution < 1.29 is 28.0 Å². The van der Waals surface area contributed by atoms with Gasteiger partial charge in [-0.1, -0.05) is 275 Å². The van der Waals surface area contributed by atoms with E-state index in [4.69, 9.17) is 17.1 Å². The van der Waals surface area contributed by atoms with Gasteiger partial charge in [-0.05, 0) is 97.1 Å². The van der Waals surface area contributed by atoms with Gasteiger partial charge in [-0.3, -0.25) is 0 Å². The van der Waals surface area contributed by atoms with Crippen LogP contribution in [-0.2, 0) is 5.41 Å². The average Bonchev–Trinajstić information content (AvgIpc) is 0.710. The fourth-order valence-corrected chi connectivity index (χ4v) is 13.3. The third kappa shape index (κ3) is 8.07. The van der Waals surface area contributed by atoms with Gasteiger partial charge in [0.15, 0.2) is 0 Å². The lowest BCUT2D eigenvalue weighted by Crippen LogP contribution is -2.61. The number of furan rings is 2. The summed E-state index contributed by atoms with van der Waals surface area (Å²) in [6.07, 6.45) is 0. The van der Waals surface area contributed by atoms with Crippen LogP contribution in [-0.4, -0.2) is 6.71 Å². The summed E-state index contributed by atoms with van der Waals surface area (Å²) in [6, 6.07) is 63.3. The van der Waals surface area contributed by atoms with Crippen LogP contribution in [0.2, 0.25) is 0 Å². The van der Waals surface area contributed by atoms with Gasteiger partial charge in [-0.2, -0.15) is 0 Å². The Balaban J connectivity index is 1.07. The summed E-state index contributed by atoms with van der Waals surface area (Å²) in [6.45, 7) is 5.79. The van der Waals surface area contributed by atoms with Crippen molar-refractivity contribution in [2.75, 3.05) is 9.80 Å². The molecule has 0 saturated heterocycles. The summed E-state index contributed by atoms with van der Waals surface area (Å²) in [5.41, 5.74) is 15.1. The van der Waals surface area contributed by atoms with Crippen LogP contribution >= 0.6 is 0 Å². The van der Waals surface area contributed by atoms with Crippen LogP contribution in [0, 0.1) is 0 Å². The predicted molar refractivity (Wildman–Crippen MR) is 366 cm³/mol. The number of hydrogen-bond acceptors (Lipinski definition) is 4. The Morgan fingerprint density at radius 2 is 0.701 bits per heavy atom. The third-order valence-corrected chi connectivity index (χ3v) is 17.2. The maximum atomic E-state index is 9.92. The second-order valence-electron chi connectivity index (χ2n) is 23.2. The SMILES string of the molecule is [2H]c1c([2H])c([2H])c2c(oc3c(-c4ccc5c(c4)B4c6cc(-c7c([2H])c([2H])c([2H])c8c7oc7c([2H])c([2H])c([2H])c([2H])c78)ccc6N(c6c(-c7ccccc7)cccc6-c6ccccc6)c6cc(C(C)(C)C)cc(c64)N5c4c(-c5ccccc5)cccc4-c4ccccc4)c([2H])c([2H])c([2H])c32)c1[2H]. The molecule has 0 N–H and O–H groups in total. The Morgan fingerprint density at radius 3 is 1.08 bits per heavy atom. The van der Waals surface area contributed by atoms with E-state index in [0.29, 0.717) is 33.4 Å². The fraction of sp³-hybridized carbons (Fsp3) is 0.0488.